The molecular weight excluding hydrogens is 246 g/mol. The van der Waals surface area contributed by atoms with Crippen LogP contribution >= 0.6 is 0 Å². The number of methoxy groups -OCH3 is 1. The predicted octanol–water partition coefficient (Wildman–Crippen LogP) is 2.28. The van der Waals surface area contributed by atoms with Gasteiger partial charge in [0.2, 0.25) is 5.76 Å². The summed E-state index contributed by atoms with van der Waals surface area (Å²) in [6.07, 6.45) is 1.38. The molecule has 0 aliphatic rings. The lowest BCUT2D eigenvalue weighted by molar-refractivity contribution is 0.0660. The number of nitrogens with one attached hydrogen (secondary N) is 1. The molecular formula is C14H15NO4. The predicted molar refractivity (Wildman–Crippen MR) is 69.2 cm³/mol. The van der Waals surface area contributed by atoms with Gasteiger partial charge >= 0.3 is 5.97 Å². The summed E-state index contributed by atoms with van der Waals surface area (Å²) in [6, 6.07) is 9.35. The van der Waals surface area contributed by atoms with E-state index in [4.69, 9.17) is 14.3 Å². The maximum Gasteiger partial charge on any atom is 0.372 e. The summed E-state index contributed by atoms with van der Waals surface area (Å²) >= 11 is 0. The van der Waals surface area contributed by atoms with E-state index in [1.54, 1.807) is 13.2 Å². The molecule has 0 unspecified atom stereocenters. The van der Waals surface area contributed by atoms with Crippen molar-refractivity contribution in [3.8, 4) is 5.75 Å². The summed E-state index contributed by atoms with van der Waals surface area (Å²) in [6.45, 7) is 1.07. The van der Waals surface area contributed by atoms with Gasteiger partial charge in [0.25, 0.3) is 0 Å². The summed E-state index contributed by atoms with van der Waals surface area (Å²) in [5.74, 6) is -0.268. The van der Waals surface area contributed by atoms with E-state index in [1.807, 2.05) is 24.3 Å². The van der Waals surface area contributed by atoms with Crippen molar-refractivity contribution >= 4 is 5.97 Å². The second-order valence-electron chi connectivity index (χ2n) is 4.04. The SMILES string of the molecule is COc1cccc(CNCc2ccoc2C(=O)O)c1. The van der Waals surface area contributed by atoms with E-state index in [-0.39, 0.29) is 5.76 Å². The number of benzene rings is 1. The fourth-order valence-electron chi connectivity index (χ4n) is 1.79. The topological polar surface area (TPSA) is 71.7 Å². The van der Waals surface area contributed by atoms with Crippen molar-refractivity contribution in [2.45, 2.75) is 13.1 Å². The number of aromatic carboxylic acids is 1. The van der Waals surface area contributed by atoms with Gasteiger partial charge in [-0.15, -0.1) is 0 Å². The minimum absolute atomic E-state index is 0.0156. The highest BCUT2D eigenvalue weighted by molar-refractivity contribution is 5.86. The van der Waals surface area contributed by atoms with Crippen molar-refractivity contribution in [3.63, 3.8) is 0 Å². The van der Waals surface area contributed by atoms with Gasteiger partial charge in [0.1, 0.15) is 5.75 Å². The standard InChI is InChI=1S/C14H15NO4/c1-18-12-4-2-3-10(7-12)8-15-9-11-5-6-19-13(11)14(16)17/h2-7,15H,8-9H2,1H3,(H,16,17). The number of carboxylic acids is 1. The Kier molecular flexibility index (Phi) is 4.20. The molecule has 0 saturated heterocycles. The largest absolute Gasteiger partial charge is 0.497 e. The first kappa shape index (κ1) is 13.2. The van der Waals surface area contributed by atoms with Gasteiger partial charge in [-0.05, 0) is 23.8 Å². The molecule has 0 aliphatic heterocycles. The Morgan fingerprint density at radius 2 is 2.21 bits per heavy atom. The molecule has 1 aromatic carbocycles. The zero-order valence-electron chi connectivity index (χ0n) is 10.6. The lowest BCUT2D eigenvalue weighted by Gasteiger charge is -2.06. The maximum absolute atomic E-state index is 10.9. The molecule has 0 amide bonds. The second-order valence-corrected chi connectivity index (χ2v) is 4.04. The molecule has 1 aromatic heterocycles. The van der Waals surface area contributed by atoms with Gasteiger partial charge in [-0.3, -0.25) is 0 Å². The number of carboxylic acid groups (broad SMARTS) is 1. The molecule has 5 heteroatoms. The minimum atomic E-state index is -1.05. The zero-order valence-corrected chi connectivity index (χ0v) is 10.6. The number of furan rings is 1. The molecule has 2 rings (SSSR count). The van der Waals surface area contributed by atoms with E-state index < -0.39 is 5.97 Å². The van der Waals surface area contributed by atoms with Crippen molar-refractivity contribution in [2.24, 2.45) is 0 Å². The number of hydrogen-bond donors (Lipinski definition) is 2. The van der Waals surface area contributed by atoms with Crippen LogP contribution in [0.25, 0.3) is 0 Å². The summed E-state index contributed by atoms with van der Waals surface area (Å²) in [5, 5.41) is 12.1. The number of hydrogen-bond acceptors (Lipinski definition) is 4. The highest BCUT2D eigenvalue weighted by Crippen LogP contribution is 2.13. The summed E-state index contributed by atoms with van der Waals surface area (Å²) in [5.41, 5.74) is 1.70. The van der Waals surface area contributed by atoms with Crippen molar-refractivity contribution in [2.75, 3.05) is 7.11 Å². The third-order valence-electron chi connectivity index (χ3n) is 2.72. The van der Waals surface area contributed by atoms with E-state index in [0.29, 0.717) is 18.7 Å². The van der Waals surface area contributed by atoms with E-state index in [9.17, 15) is 4.79 Å². The quantitative estimate of drug-likeness (QED) is 0.834. The Bertz CT molecular complexity index is 562. The van der Waals surface area contributed by atoms with Crippen LogP contribution in [-0.4, -0.2) is 18.2 Å². The first-order valence-corrected chi connectivity index (χ1v) is 5.84. The van der Waals surface area contributed by atoms with Crippen LogP contribution < -0.4 is 10.1 Å². The van der Waals surface area contributed by atoms with Gasteiger partial charge < -0.3 is 19.6 Å². The third-order valence-corrected chi connectivity index (χ3v) is 2.72. The van der Waals surface area contributed by atoms with Crippen molar-refractivity contribution in [3.05, 3.63) is 53.5 Å². The van der Waals surface area contributed by atoms with Crippen LogP contribution in [0, 0.1) is 0 Å². The maximum atomic E-state index is 10.9. The van der Waals surface area contributed by atoms with Crippen molar-refractivity contribution in [1.82, 2.24) is 5.32 Å². The molecule has 0 aliphatic carbocycles. The van der Waals surface area contributed by atoms with Gasteiger partial charge in [0.15, 0.2) is 0 Å². The Morgan fingerprint density at radius 3 is 2.95 bits per heavy atom. The van der Waals surface area contributed by atoms with Crippen LogP contribution in [0.2, 0.25) is 0 Å². The van der Waals surface area contributed by atoms with Crippen LogP contribution in [0.3, 0.4) is 0 Å². The van der Waals surface area contributed by atoms with E-state index in [1.165, 1.54) is 6.26 Å². The molecule has 0 fully saturated rings. The van der Waals surface area contributed by atoms with E-state index in [0.717, 1.165) is 11.3 Å². The van der Waals surface area contributed by atoms with Gasteiger partial charge in [0.05, 0.1) is 13.4 Å². The van der Waals surface area contributed by atoms with Crippen LogP contribution in [-0.2, 0) is 13.1 Å². The van der Waals surface area contributed by atoms with Crippen molar-refractivity contribution < 1.29 is 19.1 Å². The van der Waals surface area contributed by atoms with Gasteiger partial charge in [-0.1, -0.05) is 12.1 Å². The first-order valence-electron chi connectivity index (χ1n) is 5.84. The van der Waals surface area contributed by atoms with Crippen LogP contribution in [0.1, 0.15) is 21.7 Å². The van der Waals surface area contributed by atoms with Gasteiger partial charge in [-0.25, -0.2) is 4.79 Å². The number of carbonyl (C=O) groups is 1. The normalized spacial score (nSPS) is 10.4. The number of ether oxygens (including phenoxy) is 1. The van der Waals surface area contributed by atoms with Crippen molar-refractivity contribution in [1.29, 1.82) is 0 Å². The highest BCUT2D eigenvalue weighted by atomic mass is 16.5. The molecule has 0 saturated carbocycles. The van der Waals surface area contributed by atoms with E-state index >= 15 is 0 Å². The van der Waals surface area contributed by atoms with Crippen LogP contribution in [0.4, 0.5) is 0 Å². The summed E-state index contributed by atoms with van der Waals surface area (Å²) in [7, 11) is 1.62. The minimum Gasteiger partial charge on any atom is -0.497 e. The lowest BCUT2D eigenvalue weighted by atomic mass is 10.2. The summed E-state index contributed by atoms with van der Waals surface area (Å²) < 4.78 is 10.0. The molecule has 19 heavy (non-hydrogen) atoms. The Morgan fingerprint density at radius 1 is 1.37 bits per heavy atom. The smallest absolute Gasteiger partial charge is 0.372 e. The zero-order chi connectivity index (χ0) is 13.7. The molecule has 1 heterocycles. The van der Waals surface area contributed by atoms with Crippen LogP contribution in [0.15, 0.2) is 41.0 Å². The first-order chi connectivity index (χ1) is 9.20. The molecule has 0 bridgehead atoms. The molecule has 0 radical (unpaired) electrons. The Balaban J connectivity index is 1.92. The molecule has 100 valence electrons. The molecule has 5 nitrogen and oxygen atoms in total. The average Bonchev–Trinajstić information content (AvgIpc) is 2.87. The average molecular weight is 261 g/mol. The van der Waals surface area contributed by atoms with Gasteiger partial charge in [0, 0.05) is 18.7 Å². The third kappa shape index (κ3) is 3.35. The van der Waals surface area contributed by atoms with Crippen LogP contribution in [0.5, 0.6) is 5.75 Å². The lowest BCUT2D eigenvalue weighted by Crippen LogP contribution is -2.14. The molecule has 2 N–H and O–H groups in total. The monoisotopic (exact) mass is 261 g/mol. The molecule has 0 spiro atoms. The number of rotatable bonds is 6. The second kappa shape index (κ2) is 6.06. The Labute approximate surface area is 110 Å². The fraction of sp³-hybridized carbons (Fsp3) is 0.214. The summed E-state index contributed by atoms with van der Waals surface area (Å²) in [4.78, 5) is 10.9. The molecule has 2 aromatic rings. The highest BCUT2D eigenvalue weighted by Gasteiger charge is 2.12. The Hall–Kier alpha value is -2.27. The van der Waals surface area contributed by atoms with E-state index in [2.05, 4.69) is 5.32 Å². The van der Waals surface area contributed by atoms with Gasteiger partial charge in [-0.2, -0.15) is 0 Å². The fourth-order valence-corrected chi connectivity index (χ4v) is 1.79. The molecule has 0 atom stereocenters.